The largest absolute Gasteiger partial charge is 0.490 e. The van der Waals surface area contributed by atoms with Crippen LogP contribution in [-0.4, -0.2) is 41.0 Å². The molecule has 2 aliphatic heterocycles. The summed E-state index contributed by atoms with van der Waals surface area (Å²) in [4.78, 5) is 14.3. The Balaban J connectivity index is 1.19. The van der Waals surface area contributed by atoms with E-state index in [0.717, 1.165) is 66.6 Å². The minimum absolute atomic E-state index is 0.109. The third-order valence-corrected chi connectivity index (χ3v) is 6.23. The average molecular weight is 432 g/mol. The quantitative estimate of drug-likeness (QED) is 0.569. The van der Waals surface area contributed by atoms with Gasteiger partial charge < -0.3 is 14.2 Å². The van der Waals surface area contributed by atoms with E-state index in [2.05, 4.69) is 26.8 Å². The Morgan fingerprint density at radius 3 is 2.72 bits per heavy atom. The number of amides is 1. The second kappa shape index (κ2) is 7.83. The van der Waals surface area contributed by atoms with Crippen LogP contribution in [0.2, 0.25) is 0 Å². The van der Waals surface area contributed by atoms with E-state index in [1.54, 1.807) is 0 Å². The van der Waals surface area contributed by atoms with Gasteiger partial charge in [-0.15, -0.1) is 10.6 Å². The fourth-order valence-corrected chi connectivity index (χ4v) is 4.32. The first kappa shape index (κ1) is 19.1. The number of likely N-dealkylation sites (tertiary alicyclic amines) is 1. The predicted molar refractivity (Wildman–Crippen MR) is 118 cm³/mol. The molecule has 32 heavy (non-hydrogen) atoms. The summed E-state index contributed by atoms with van der Waals surface area (Å²) in [7, 11) is 0. The number of carbonyl (C=O) groups excluding carboxylic acids is 1. The molecule has 6 rings (SSSR count). The zero-order valence-electron chi connectivity index (χ0n) is 17.5. The molecule has 2 fully saturated rings. The lowest BCUT2D eigenvalue weighted by Crippen LogP contribution is -2.42. The molecule has 164 valence electrons. The summed E-state index contributed by atoms with van der Waals surface area (Å²) >= 11 is 0. The number of fused-ring (bicyclic) bond motifs is 1. The molecular formula is C23H24N6O3. The number of piperidine rings is 1. The number of nitrogens with one attached hydrogen (secondary N) is 3. The molecule has 1 saturated carbocycles. The van der Waals surface area contributed by atoms with Crippen LogP contribution in [0.3, 0.4) is 0 Å². The van der Waals surface area contributed by atoms with Gasteiger partial charge in [0.2, 0.25) is 5.91 Å². The highest BCUT2D eigenvalue weighted by molar-refractivity contribution is 6.03. The lowest BCUT2D eigenvalue weighted by Gasteiger charge is -2.32. The Labute approximate surface area is 184 Å². The molecule has 0 spiro atoms. The molecule has 1 saturated heterocycles. The van der Waals surface area contributed by atoms with Crippen molar-refractivity contribution in [2.75, 3.05) is 13.1 Å². The van der Waals surface area contributed by atoms with E-state index in [1.807, 2.05) is 47.4 Å². The van der Waals surface area contributed by atoms with Gasteiger partial charge in [0.25, 0.3) is 0 Å². The Kier molecular flexibility index (Phi) is 4.68. The number of benzene rings is 2. The minimum atomic E-state index is 0.109. The summed E-state index contributed by atoms with van der Waals surface area (Å²) in [6.07, 6.45) is 3.93. The smallest absolute Gasteiger partial charge is 0.225 e. The molecule has 1 amide bonds. The molecule has 9 nitrogen and oxygen atoms in total. The Hall–Kier alpha value is -3.59. The summed E-state index contributed by atoms with van der Waals surface area (Å²) in [5.74, 6) is 2.79. The normalized spacial score (nSPS) is 18.9. The van der Waals surface area contributed by atoms with Crippen LogP contribution < -0.4 is 21.2 Å². The highest BCUT2D eigenvalue weighted by Gasteiger charge is 2.35. The van der Waals surface area contributed by atoms with Gasteiger partial charge in [-0.3, -0.25) is 10.2 Å². The Bertz CT molecular complexity index is 1190. The van der Waals surface area contributed by atoms with Gasteiger partial charge in [-0.1, -0.05) is 17.3 Å². The summed E-state index contributed by atoms with van der Waals surface area (Å²) in [5.41, 5.74) is 11.0. The van der Waals surface area contributed by atoms with Gasteiger partial charge in [-0.2, -0.15) is 0 Å². The summed E-state index contributed by atoms with van der Waals surface area (Å²) in [6, 6.07) is 13.8. The molecule has 3 aromatic rings. The van der Waals surface area contributed by atoms with Crippen LogP contribution in [-0.2, 0) is 4.79 Å². The molecule has 3 heterocycles. The maximum absolute atomic E-state index is 12.3. The number of aromatic nitrogens is 1. The second-order valence-corrected chi connectivity index (χ2v) is 8.51. The number of rotatable bonds is 5. The molecule has 2 aromatic carbocycles. The molecule has 1 aliphatic carbocycles. The van der Waals surface area contributed by atoms with Crippen LogP contribution in [0.5, 0.6) is 5.75 Å². The summed E-state index contributed by atoms with van der Waals surface area (Å²) in [5, 5.41) is 9.27. The van der Waals surface area contributed by atoms with E-state index in [4.69, 9.17) is 9.26 Å². The van der Waals surface area contributed by atoms with Crippen LogP contribution in [0, 0.1) is 5.92 Å². The van der Waals surface area contributed by atoms with Gasteiger partial charge in [0.15, 0.2) is 11.6 Å². The van der Waals surface area contributed by atoms with Crippen molar-refractivity contribution in [1.29, 1.82) is 0 Å². The molecule has 0 unspecified atom stereocenters. The van der Waals surface area contributed by atoms with Crippen LogP contribution in [0.25, 0.3) is 22.2 Å². The number of hydrazine groups is 2. The van der Waals surface area contributed by atoms with E-state index in [9.17, 15) is 4.79 Å². The van der Waals surface area contributed by atoms with Crippen molar-refractivity contribution < 1.29 is 14.1 Å². The van der Waals surface area contributed by atoms with E-state index >= 15 is 0 Å². The Morgan fingerprint density at radius 2 is 1.94 bits per heavy atom. The number of nitrogens with zero attached hydrogens (tertiary/aromatic N) is 3. The van der Waals surface area contributed by atoms with Crippen molar-refractivity contribution in [1.82, 2.24) is 26.6 Å². The SMILES string of the molecule is O=C(C1CC1)N1CCC(Oc2cccc(-c3onc4ccc(C5=NNNN5)cc34)c2)CC1. The van der Waals surface area contributed by atoms with Gasteiger partial charge >= 0.3 is 0 Å². The Morgan fingerprint density at radius 1 is 1.06 bits per heavy atom. The molecule has 9 heteroatoms. The zero-order chi connectivity index (χ0) is 21.5. The van der Waals surface area contributed by atoms with Gasteiger partial charge in [0.05, 0.1) is 5.39 Å². The molecular weight excluding hydrogens is 408 g/mol. The maximum Gasteiger partial charge on any atom is 0.225 e. The fourth-order valence-electron chi connectivity index (χ4n) is 4.32. The molecule has 0 atom stereocenters. The third-order valence-electron chi connectivity index (χ3n) is 6.23. The molecule has 1 aromatic heterocycles. The molecule has 3 N–H and O–H groups in total. The highest BCUT2D eigenvalue weighted by Crippen LogP contribution is 2.34. The highest BCUT2D eigenvalue weighted by atomic mass is 16.5. The van der Waals surface area contributed by atoms with Crippen LogP contribution in [0.1, 0.15) is 31.2 Å². The summed E-state index contributed by atoms with van der Waals surface area (Å²) in [6.45, 7) is 1.55. The minimum Gasteiger partial charge on any atom is -0.490 e. The van der Waals surface area contributed by atoms with E-state index in [1.165, 1.54) is 0 Å². The number of ether oxygens (including phenoxy) is 1. The van der Waals surface area contributed by atoms with E-state index in [0.29, 0.717) is 17.5 Å². The monoisotopic (exact) mass is 432 g/mol. The molecule has 3 aliphatic rings. The molecule has 0 bridgehead atoms. The van der Waals surface area contributed by atoms with E-state index < -0.39 is 0 Å². The van der Waals surface area contributed by atoms with Crippen molar-refractivity contribution in [3.05, 3.63) is 48.0 Å². The van der Waals surface area contributed by atoms with Crippen molar-refractivity contribution in [3.8, 4) is 17.1 Å². The number of amidine groups is 1. The van der Waals surface area contributed by atoms with Crippen LogP contribution in [0.4, 0.5) is 0 Å². The van der Waals surface area contributed by atoms with Crippen LogP contribution in [0.15, 0.2) is 52.1 Å². The zero-order valence-corrected chi connectivity index (χ0v) is 17.5. The van der Waals surface area contributed by atoms with Gasteiger partial charge in [0.1, 0.15) is 17.4 Å². The second-order valence-electron chi connectivity index (χ2n) is 8.51. The summed E-state index contributed by atoms with van der Waals surface area (Å²) < 4.78 is 12.0. The predicted octanol–water partition coefficient (Wildman–Crippen LogP) is 2.55. The third kappa shape index (κ3) is 3.64. The van der Waals surface area contributed by atoms with Crippen molar-refractivity contribution in [2.45, 2.75) is 31.8 Å². The first-order valence-electron chi connectivity index (χ1n) is 11.0. The lowest BCUT2D eigenvalue weighted by molar-refractivity contribution is -0.134. The number of carbonyl (C=O) groups is 1. The fraction of sp³-hybridized carbons (Fsp3) is 0.348. The van der Waals surface area contributed by atoms with Gasteiger partial charge in [-0.25, -0.2) is 5.53 Å². The van der Waals surface area contributed by atoms with Crippen molar-refractivity contribution >= 4 is 22.6 Å². The van der Waals surface area contributed by atoms with Gasteiger partial charge in [0, 0.05) is 43.0 Å². The maximum atomic E-state index is 12.3. The van der Waals surface area contributed by atoms with Crippen molar-refractivity contribution in [3.63, 3.8) is 0 Å². The standard InChI is InChI=1S/C23H24N6O3/c30-23(14-4-5-14)29-10-8-17(9-11-29)31-18-3-1-2-15(12-18)21-19-13-16(22-24-27-28-25-22)6-7-20(19)26-32-21/h1-3,6-7,12-14,17,27-28H,4-5,8-11H2,(H,24,25). The van der Waals surface area contributed by atoms with Gasteiger partial charge in [-0.05, 0) is 43.2 Å². The van der Waals surface area contributed by atoms with Crippen LogP contribution >= 0.6 is 0 Å². The topological polar surface area (TPSA) is 104 Å². The first-order valence-corrected chi connectivity index (χ1v) is 11.0. The average Bonchev–Trinajstić information content (AvgIpc) is 3.36. The molecule has 0 radical (unpaired) electrons. The van der Waals surface area contributed by atoms with Crippen molar-refractivity contribution in [2.24, 2.45) is 11.0 Å². The number of hydrogen-bond donors (Lipinski definition) is 3. The first-order chi connectivity index (χ1) is 15.7. The lowest BCUT2D eigenvalue weighted by atomic mass is 10.0. The van der Waals surface area contributed by atoms with E-state index in [-0.39, 0.29) is 12.0 Å². The number of hydrazone groups is 1. The number of hydrogen-bond acceptors (Lipinski definition) is 8.